The van der Waals surface area contributed by atoms with Gasteiger partial charge in [0, 0.05) is 5.92 Å². The van der Waals surface area contributed by atoms with Gasteiger partial charge in [-0.15, -0.1) is 6.58 Å². The molecular formula is C13H22O4. The third-order valence-corrected chi connectivity index (χ3v) is 3.25. The third kappa shape index (κ3) is 3.39. The highest BCUT2D eigenvalue weighted by atomic mass is 16.5. The van der Waals surface area contributed by atoms with E-state index in [1.165, 1.54) is 0 Å². The molecule has 1 rings (SSSR count). The Bertz CT molecular complexity index is 277. The van der Waals surface area contributed by atoms with E-state index >= 15 is 0 Å². The van der Waals surface area contributed by atoms with Crippen LogP contribution >= 0.6 is 0 Å². The standard InChI is InChI=1S/C13H22O4/c1-4-5-6-10(14)13-12(16)11(15)9(7-17-13)8(2)3/h4,9-16H,1-2,5-7H2,3H3/t9-,10+,11-,12-,13-/m0/s1. The van der Waals surface area contributed by atoms with Gasteiger partial charge in [0.25, 0.3) is 0 Å². The molecule has 4 heteroatoms. The van der Waals surface area contributed by atoms with Crippen molar-refractivity contribution in [3.05, 3.63) is 24.8 Å². The van der Waals surface area contributed by atoms with Crippen LogP contribution in [0.25, 0.3) is 0 Å². The molecule has 0 radical (unpaired) electrons. The molecule has 4 nitrogen and oxygen atoms in total. The van der Waals surface area contributed by atoms with Crippen LogP contribution in [0.15, 0.2) is 24.8 Å². The Morgan fingerprint density at radius 2 is 2.12 bits per heavy atom. The van der Waals surface area contributed by atoms with Gasteiger partial charge in [0.1, 0.15) is 12.2 Å². The van der Waals surface area contributed by atoms with Crippen LogP contribution in [0.3, 0.4) is 0 Å². The first-order chi connectivity index (χ1) is 7.99. The van der Waals surface area contributed by atoms with Gasteiger partial charge in [-0.1, -0.05) is 18.2 Å². The molecule has 0 aromatic rings. The molecule has 1 heterocycles. The van der Waals surface area contributed by atoms with Gasteiger partial charge in [0.05, 0.1) is 18.8 Å². The van der Waals surface area contributed by atoms with Crippen molar-refractivity contribution in [2.75, 3.05) is 6.61 Å². The Balaban J connectivity index is 2.61. The molecule has 0 aromatic carbocycles. The fourth-order valence-corrected chi connectivity index (χ4v) is 2.07. The van der Waals surface area contributed by atoms with Gasteiger partial charge >= 0.3 is 0 Å². The van der Waals surface area contributed by atoms with Crippen LogP contribution in [0.2, 0.25) is 0 Å². The molecule has 1 fully saturated rings. The van der Waals surface area contributed by atoms with Crippen LogP contribution in [0, 0.1) is 5.92 Å². The summed E-state index contributed by atoms with van der Waals surface area (Å²) in [6, 6.07) is 0. The van der Waals surface area contributed by atoms with Crippen molar-refractivity contribution in [3.63, 3.8) is 0 Å². The van der Waals surface area contributed by atoms with Gasteiger partial charge < -0.3 is 20.1 Å². The summed E-state index contributed by atoms with van der Waals surface area (Å²) in [5.74, 6) is -0.271. The maximum absolute atomic E-state index is 9.93. The molecule has 5 atom stereocenters. The first-order valence-electron chi connectivity index (χ1n) is 5.91. The zero-order valence-corrected chi connectivity index (χ0v) is 10.2. The zero-order valence-electron chi connectivity index (χ0n) is 10.2. The normalized spacial score (nSPS) is 35.3. The summed E-state index contributed by atoms with van der Waals surface area (Å²) in [5, 5.41) is 29.7. The van der Waals surface area contributed by atoms with Crippen LogP contribution < -0.4 is 0 Å². The summed E-state index contributed by atoms with van der Waals surface area (Å²) >= 11 is 0. The molecule has 0 spiro atoms. The number of allylic oxidation sites excluding steroid dienone is 1. The van der Waals surface area contributed by atoms with E-state index in [0.29, 0.717) is 12.8 Å². The van der Waals surface area contributed by atoms with Crippen LogP contribution in [-0.2, 0) is 4.74 Å². The largest absolute Gasteiger partial charge is 0.390 e. The molecule has 1 aliphatic rings. The van der Waals surface area contributed by atoms with Crippen LogP contribution in [-0.4, -0.2) is 46.3 Å². The Morgan fingerprint density at radius 3 is 2.65 bits per heavy atom. The molecule has 3 N–H and O–H groups in total. The minimum atomic E-state index is -1.08. The van der Waals surface area contributed by atoms with Crippen molar-refractivity contribution in [3.8, 4) is 0 Å². The maximum atomic E-state index is 9.93. The van der Waals surface area contributed by atoms with Gasteiger partial charge in [0.15, 0.2) is 0 Å². The average molecular weight is 242 g/mol. The number of ether oxygens (including phenoxy) is 1. The van der Waals surface area contributed by atoms with Gasteiger partial charge in [-0.25, -0.2) is 0 Å². The van der Waals surface area contributed by atoms with E-state index in [1.54, 1.807) is 13.0 Å². The first-order valence-corrected chi connectivity index (χ1v) is 5.91. The predicted molar refractivity (Wildman–Crippen MR) is 65.5 cm³/mol. The predicted octanol–water partition coefficient (Wildman–Crippen LogP) is 0.626. The second-order valence-electron chi connectivity index (χ2n) is 4.67. The topological polar surface area (TPSA) is 69.9 Å². The Hall–Kier alpha value is -0.680. The highest BCUT2D eigenvalue weighted by molar-refractivity contribution is 5.05. The number of aliphatic hydroxyl groups is 3. The molecule has 98 valence electrons. The van der Waals surface area contributed by atoms with Gasteiger partial charge in [0.2, 0.25) is 0 Å². The maximum Gasteiger partial charge on any atom is 0.112 e. The molecule has 17 heavy (non-hydrogen) atoms. The first kappa shape index (κ1) is 14.4. The monoisotopic (exact) mass is 242 g/mol. The summed E-state index contributed by atoms with van der Waals surface area (Å²) in [4.78, 5) is 0. The van der Waals surface area contributed by atoms with E-state index < -0.39 is 24.4 Å². The molecule has 0 aliphatic carbocycles. The summed E-state index contributed by atoms with van der Waals surface area (Å²) in [6.07, 6.45) is -0.714. The van der Waals surface area contributed by atoms with Crippen LogP contribution in [0.5, 0.6) is 0 Å². The van der Waals surface area contributed by atoms with E-state index in [2.05, 4.69) is 13.2 Å². The van der Waals surface area contributed by atoms with Crippen molar-refractivity contribution < 1.29 is 20.1 Å². The molecular weight excluding hydrogens is 220 g/mol. The van der Waals surface area contributed by atoms with Crippen LogP contribution in [0.1, 0.15) is 19.8 Å². The molecule has 0 bridgehead atoms. The van der Waals surface area contributed by atoms with E-state index in [-0.39, 0.29) is 12.5 Å². The fraction of sp³-hybridized carbons (Fsp3) is 0.692. The lowest BCUT2D eigenvalue weighted by Crippen LogP contribution is -2.54. The van der Waals surface area contributed by atoms with Crippen molar-refractivity contribution in [1.82, 2.24) is 0 Å². The quantitative estimate of drug-likeness (QED) is 0.618. The molecule has 0 unspecified atom stereocenters. The SMILES string of the molecule is C=CCC[C@@H](O)[C@@H]1OC[C@@H](C(=C)C)[C@H](O)[C@@H]1O. The lowest BCUT2D eigenvalue weighted by molar-refractivity contribution is -0.187. The molecule has 0 saturated carbocycles. The number of hydrogen-bond donors (Lipinski definition) is 3. The lowest BCUT2D eigenvalue weighted by Gasteiger charge is -2.39. The van der Waals surface area contributed by atoms with Gasteiger partial charge in [-0.3, -0.25) is 0 Å². The van der Waals surface area contributed by atoms with E-state index in [1.807, 2.05) is 0 Å². The van der Waals surface area contributed by atoms with E-state index in [4.69, 9.17) is 4.74 Å². The Labute approximate surface area is 102 Å². The highest BCUT2D eigenvalue weighted by Crippen LogP contribution is 2.27. The number of rotatable bonds is 5. The third-order valence-electron chi connectivity index (χ3n) is 3.25. The Kier molecular flexibility index (Phi) is 5.33. The van der Waals surface area contributed by atoms with Gasteiger partial charge in [-0.2, -0.15) is 0 Å². The second kappa shape index (κ2) is 6.31. The smallest absolute Gasteiger partial charge is 0.112 e. The minimum absolute atomic E-state index is 0.271. The van der Waals surface area contributed by atoms with E-state index in [0.717, 1.165) is 5.57 Å². The van der Waals surface area contributed by atoms with E-state index in [9.17, 15) is 15.3 Å². The average Bonchev–Trinajstić information content (AvgIpc) is 2.29. The van der Waals surface area contributed by atoms with Crippen LogP contribution in [0.4, 0.5) is 0 Å². The van der Waals surface area contributed by atoms with Gasteiger partial charge in [-0.05, 0) is 19.8 Å². The highest BCUT2D eigenvalue weighted by Gasteiger charge is 2.41. The van der Waals surface area contributed by atoms with Crippen molar-refractivity contribution in [2.45, 2.75) is 44.2 Å². The lowest BCUT2D eigenvalue weighted by atomic mass is 9.85. The van der Waals surface area contributed by atoms with Crippen molar-refractivity contribution in [1.29, 1.82) is 0 Å². The summed E-state index contributed by atoms with van der Waals surface area (Å²) in [5.41, 5.74) is 0.774. The summed E-state index contributed by atoms with van der Waals surface area (Å²) < 4.78 is 5.44. The molecule has 0 aromatic heterocycles. The molecule has 1 saturated heterocycles. The van der Waals surface area contributed by atoms with Crippen molar-refractivity contribution >= 4 is 0 Å². The Morgan fingerprint density at radius 1 is 1.47 bits per heavy atom. The second-order valence-corrected chi connectivity index (χ2v) is 4.67. The summed E-state index contributed by atoms with van der Waals surface area (Å²) in [7, 11) is 0. The molecule has 0 amide bonds. The zero-order chi connectivity index (χ0) is 13.0. The minimum Gasteiger partial charge on any atom is -0.390 e. The fourth-order valence-electron chi connectivity index (χ4n) is 2.07. The number of aliphatic hydroxyl groups excluding tert-OH is 3. The van der Waals surface area contributed by atoms with Crippen molar-refractivity contribution in [2.24, 2.45) is 5.92 Å². The summed E-state index contributed by atoms with van der Waals surface area (Å²) in [6.45, 7) is 9.40. The number of hydrogen-bond acceptors (Lipinski definition) is 4. The molecule has 1 aliphatic heterocycles.